The number of para-hydroxylation sites is 1. The molecule has 1 heterocycles. The van der Waals surface area contributed by atoms with E-state index < -0.39 is 0 Å². The summed E-state index contributed by atoms with van der Waals surface area (Å²) in [5.41, 5.74) is 0. The molecule has 1 N–H and O–H groups in total. The number of benzene rings is 1. The summed E-state index contributed by atoms with van der Waals surface area (Å²) in [7, 11) is 0. The average Bonchev–Trinajstić information content (AvgIpc) is 2.68. The third-order valence-electron chi connectivity index (χ3n) is 4.96. The number of ether oxygens (including phenoxy) is 1. The minimum Gasteiger partial charge on any atom is -0.484 e. The molecule has 2 fully saturated rings. The van der Waals surface area contributed by atoms with Gasteiger partial charge in [0, 0.05) is 32.2 Å². The molecule has 0 aromatic heterocycles. The molecule has 6 heteroatoms. The molecule has 1 aromatic carbocycles. The van der Waals surface area contributed by atoms with Crippen molar-refractivity contribution in [3.05, 3.63) is 30.3 Å². The SMILES string of the molecule is O=C(COc1ccccc1)N1CCN(C(=O)NC2CCCCC2)CC1. The van der Waals surface area contributed by atoms with Gasteiger partial charge in [-0.25, -0.2) is 4.79 Å². The van der Waals surface area contributed by atoms with Crippen LogP contribution in [0.1, 0.15) is 32.1 Å². The lowest BCUT2D eigenvalue weighted by molar-refractivity contribution is -0.134. The van der Waals surface area contributed by atoms with Crippen LogP contribution >= 0.6 is 0 Å². The molecule has 0 bridgehead atoms. The summed E-state index contributed by atoms with van der Waals surface area (Å²) in [6, 6.07) is 9.67. The first-order valence-electron chi connectivity index (χ1n) is 9.23. The monoisotopic (exact) mass is 345 g/mol. The Morgan fingerprint density at radius 1 is 0.960 bits per heavy atom. The van der Waals surface area contributed by atoms with Gasteiger partial charge in [-0.2, -0.15) is 0 Å². The lowest BCUT2D eigenvalue weighted by Crippen LogP contribution is -2.55. The van der Waals surface area contributed by atoms with Crippen LogP contribution in [-0.4, -0.2) is 60.6 Å². The third kappa shape index (κ3) is 5.11. The maximum atomic E-state index is 12.3. The maximum Gasteiger partial charge on any atom is 0.317 e. The maximum absolute atomic E-state index is 12.3. The van der Waals surface area contributed by atoms with Crippen molar-refractivity contribution in [1.82, 2.24) is 15.1 Å². The molecule has 1 saturated carbocycles. The van der Waals surface area contributed by atoms with Crippen LogP contribution in [-0.2, 0) is 4.79 Å². The fourth-order valence-corrected chi connectivity index (χ4v) is 3.42. The summed E-state index contributed by atoms with van der Waals surface area (Å²) < 4.78 is 5.51. The smallest absolute Gasteiger partial charge is 0.317 e. The van der Waals surface area contributed by atoms with Gasteiger partial charge in [0.1, 0.15) is 5.75 Å². The molecule has 3 rings (SSSR count). The van der Waals surface area contributed by atoms with E-state index in [0.717, 1.165) is 12.8 Å². The van der Waals surface area contributed by atoms with Crippen LogP contribution in [0.15, 0.2) is 30.3 Å². The number of amides is 3. The number of urea groups is 1. The van der Waals surface area contributed by atoms with Crippen molar-refractivity contribution in [1.29, 1.82) is 0 Å². The van der Waals surface area contributed by atoms with Crippen molar-refractivity contribution in [3.8, 4) is 5.75 Å². The minimum atomic E-state index is -0.0313. The van der Waals surface area contributed by atoms with Crippen LogP contribution < -0.4 is 10.1 Å². The van der Waals surface area contributed by atoms with E-state index in [4.69, 9.17) is 4.74 Å². The van der Waals surface area contributed by atoms with Gasteiger partial charge in [0.05, 0.1) is 0 Å². The fraction of sp³-hybridized carbons (Fsp3) is 0.579. The number of hydrogen-bond donors (Lipinski definition) is 1. The van der Waals surface area contributed by atoms with E-state index in [1.165, 1.54) is 19.3 Å². The molecule has 6 nitrogen and oxygen atoms in total. The number of carbonyl (C=O) groups excluding carboxylic acids is 2. The zero-order valence-corrected chi connectivity index (χ0v) is 14.7. The molecule has 3 amide bonds. The van der Waals surface area contributed by atoms with E-state index in [1.807, 2.05) is 35.2 Å². The van der Waals surface area contributed by atoms with Gasteiger partial charge in [0.15, 0.2) is 6.61 Å². The fourth-order valence-electron chi connectivity index (χ4n) is 3.42. The van der Waals surface area contributed by atoms with Crippen molar-refractivity contribution in [2.24, 2.45) is 0 Å². The molecule has 2 aliphatic rings. The van der Waals surface area contributed by atoms with E-state index in [1.54, 1.807) is 4.90 Å². The molecule has 1 aromatic rings. The molecule has 1 saturated heterocycles. The van der Waals surface area contributed by atoms with Gasteiger partial charge in [-0.1, -0.05) is 37.5 Å². The number of rotatable bonds is 4. The highest BCUT2D eigenvalue weighted by molar-refractivity contribution is 5.79. The Kier molecular flexibility index (Phi) is 6.14. The highest BCUT2D eigenvalue weighted by Gasteiger charge is 2.26. The standard InChI is InChI=1S/C19H27N3O3/c23-18(15-25-17-9-5-2-6-10-17)21-11-13-22(14-12-21)19(24)20-16-7-3-1-4-8-16/h2,5-6,9-10,16H,1,3-4,7-8,11-15H2,(H,20,24). The van der Waals surface area contributed by atoms with Crippen molar-refractivity contribution in [3.63, 3.8) is 0 Å². The van der Waals surface area contributed by atoms with Crippen LogP contribution in [0.5, 0.6) is 5.75 Å². The van der Waals surface area contributed by atoms with E-state index in [9.17, 15) is 9.59 Å². The molecular formula is C19H27N3O3. The van der Waals surface area contributed by atoms with Crippen LogP contribution in [0.3, 0.4) is 0 Å². The highest BCUT2D eigenvalue weighted by atomic mass is 16.5. The molecule has 1 aliphatic carbocycles. The Hall–Kier alpha value is -2.24. The summed E-state index contributed by atoms with van der Waals surface area (Å²) in [6.07, 6.45) is 5.85. The lowest BCUT2D eigenvalue weighted by Gasteiger charge is -2.36. The first-order valence-corrected chi connectivity index (χ1v) is 9.23. The van der Waals surface area contributed by atoms with Crippen molar-refractivity contribution >= 4 is 11.9 Å². The second-order valence-corrected chi connectivity index (χ2v) is 6.75. The number of piperazine rings is 1. The molecule has 0 unspecified atom stereocenters. The van der Waals surface area contributed by atoms with Crippen molar-refractivity contribution < 1.29 is 14.3 Å². The molecule has 0 atom stereocenters. The van der Waals surface area contributed by atoms with Crippen LogP contribution in [0.4, 0.5) is 4.79 Å². The van der Waals surface area contributed by atoms with E-state index in [0.29, 0.717) is 38.0 Å². The van der Waals surface area contributed by atoms with E-state index in [-0.39, 0.29) is 18.5 Å². The minimum absolute atomic E-state index is 0.0135. The van der Waals surface area contributed by atoms with Crippen molar-refractivity contribution in [2.45, 2.75) is 38.1 Å². The first-order chi connectivity index (χ1) is 12.2. The lowest BCUT2D eigenvalue weighted by atomic mass is 9.96. The summed E-state index contributed by atoms with van der Waals surface area (Å²) in [4.78, 5) is 28.2. The summed E-state index contributed by atoms with van der Waals surface area (Å²) >= 11 is 0. The van der Waals surface area contributed by atoms with E-state index >= 15 is 0 Å². The Morgan fingerprint density at radius 2 is 1.60 bits per heavy atom. The second kappa shape index (κ2) is 8.74. The Balaban J connectivity index is 1.38. The highest BCUT2D eigenvalue weighted by Crippen LogP contribution is 2.17. The Bertz CT molecular complexity index is 565. The molecule has 136 valence electrons. The third-order valence-corrected chi connectivity index (χ3v) is 4.96. The number of nitrogens with zero attached hydrogens (tertiary/aromatic N) is 2. The second-order valence-electron chi connectivity index (χ2n) is 6.75. The molecule has 0 spiro atoms. The molecule has 1 aliphatic heterocycles. The van der Waals surface area contributed by atoms with Gasteiger partial charge in [-0.05, 0) is 25.0 Å². The quantitative estimate of drug-likeness (QED) is 0.910. The summed E-state index contributed by atoms with van der Waals surface area (Å²) in [5, 5.41) is 3.14. The zero-order valence-electron chi connectivity index (χ0n) is 14.7. The molecular weight excluding hydrogens is 318 g/mol. The summed E-state index contributed by atoms with van der Waals surface area (Å²) in [5.74, 6) is 0.664. The van der Waals surface area contributed by atoms with Crippen LogP contribution in [0, 0.1) is 0 Å². The first kappa shape index (κ1) is 17.6. The number of hydrogen-bond acceptors (Lipinski definition) is 3. The average molecular weight is 345 g/mol. The van der Waals surface area contributed by atoms with Gasteiger partial charge in [0.2, 0.25) is 0 Å². The Morgan fingerprint density at radius 3 is 2.28 bits per heavy atom. The zero-order chi connectivity index (χ0) is 17.5. The van der Waals surface area contributed by atoms with Gasteiger partial charge >= 0.3 is 6.03 Å². The summed E-state index contributed by atoms with van der Waals surface area (Å²) in [6.45, 7) is 2.33. The van der Waals surface area contributed by atoms with Gasteiger partial charge < -0.3 is 19.9 Å². The predicted octanol–water partition coefficient (Wildman–Crippen LogP) is 2.25. The normalized spacial score (nSPS) is 18.7. The Labute approximate surface area is 149 Å². The van der Waals surface area contributed by atoms with E-state index in [2.05, 4.69) is 5.32 Å². The number of carbonyl (C=O) groups is 2. The molecule has 0 radical (unpaired) electrons. The molecule has 25 heavy (non-hydrogen) atoms. The predicted molar refractivity (Wildman–Crippen MR) is 95.5 cm³/mol. The van der Waals surface area contributed by atoms with Crippen molar-refractivity contribution in [2.75, 3.05) is 32.8 Å². The number of nitrogens with one attached hydrogen (secondary N) is 1. The topological polar surface area (TPSA) is 61.9 Å². The van der Waals surface area contributed by atoms with Crippen LogP contribution in [0.2, 0.25) is 0 Å². The largest absolute Gasteiger partial charge is 0.484 e. The van der Waals surface area contributed by atoms with Gasteiger partial charge in [-0.3, -0.25) is 4.79 Å². The van der Waals surface area contributed by atoms with Gasteiger partial charge in [0.25, 0.3) is 5.91 Å². The van der Waals surface area contributed by atoms with Crippen LogP contribution in [0.25, 0.3) is 0 Å². The van der Waals surface area contributed by atoms with Gasteiger partial charge in [-0.15, -0.1) is 0 Å².